The Kier molecular flexibility index (Phi) is 4.84. The lowest BCUT2D eigenvalue weighted by molar-refractivity contribution is 0.402. The van der Waals surface area contributed by atoms with E-state index in [4.69, 9.17) is 0 Å². The molecule has 1 aliphatic heterocycles. The fourth-order valence-electron chi connectivity index (χ4n) is 2.22. The second-order valence-electron chi connectivity index (χ2n) is 4.91. The molecule has 1 aromatic heterocycles. The van der Waals surface area contributed by atoms with Crippen LogP contribution in [0.3, 0.4) is 0 Å². The zero-order valence-corrected chi connectivity index (χ0v) is 11.9. The molecule has 106 valence electrons. The third kappa shape index (κ3) is 4.85. The number of nitrogens with one attached hydrogen (secondary N) is 2. The van der Waals surface area contributed by atoms with Crippen LogP contribution in [0, 0.1) is 12.8 Å². The van der Waals surface area contributed by atoms with Gasteiger partial charge in [0.25, 0.3) is 0 Å². The van der Waals surface area contributed by atoms with Crippen LogP contribution in [0.5, 0.6) is 0 Å². The average Bonchev–Trinajstić information content (AvgIpc) is 2.37. The third-order valence-electron chi connectivity index (χ3n) is 3.16. The maximum absolute atomic E-state index is 12.0. The van der Waals surface area contributed by atoms with E-state index in [1.54, 1.807) is 19.2 Å². The molecular weight excluding hydrogens is 264 g/mol. The van der Waals surface area contributed by atoms with Crippen LogP contribution in [0.2, 0.25) is 0 Å². The van der Waals surface area contributed by atoms with Gasteiger partial charge in [-0.25, -0.2) is 23.1 Å². The Morgan fingerprint density at radius 1 is 1.53 bits per heavy atom. The molecule has 0 aromatic carbocycles. The lowest BCUT2D eigenvalue weighted by Gasteiger charge is -2.22. The lowest BCUT2D eigenvalue weighted by atomic mass is 10.0. The van der Waals surface area contributed by atoms with Gasteiger partial charge in [0.05, 0.1) is 18.0 Å². The van der Waals surface area contributed by atoms with E-state index in [1.807, 2.05) is 0 Å². The molecule has 0 spiro atoms. The standard InChI is InChI=1S/C12H20N4O2S/c1-10-14-6-4-12(16-10)8-15-19(17,18)9-11-3-2-5-13-7-11/h4,6,11,13,15H,2-3,5,7-9H2,1H3. The first-order valence-corrected chi connectivity index (χ1v) is 8.17. The minimum atomic E-state index is -3.24. The molecule has 2 N–H and O–H groups in total. The molecule has 0 amide bonds. The van der Waals surface area contributed by atoms with Gasteiger partial charge in [-0.15, -0.1) is 0 Å². The van der Waals surface area contributed by atoms with Crippen molar-refractivity contribution >= 4 is 10.0 Å². The molecule has 2 heterocycles. The summed E-state index contributed by atoms with van der Waals surface area (Å²) >= 11 is 0. The van der Waals surface area contributed by atoms with Crippen molar-refractivity contribution in [3.63, 3.8) is 0 Å². The van der Waals surface area contributed by atoms with Crippen molar-refractivity contribution in [2.45, 2.75) is 26.3 Å². The van der Waals surface area contributed by atoms with E-state index in [-0.39, 0.29) is 18.2 Å². The second kappa shape index (κ2) is 6.40. The summed E-state index contributed by atoms with van der Waals surface area (Å²) in [5, 5.41) is 3.23. The van der Waals surface area contributed by atoms with Gasteiger partial charge in [0.2, 0.25) is 10.0 Å². The normalized spacial score (nSPS) is 20.4. The van der Waals surface area contributed by atoms with Crippen LogP contribution in [0.25, 0.3) is 0 Å². The van der Waals surface area contributed by atoms with E-state index in [0.717, 1.165) is 25.9 Å². The van der Waals surface area contributed by atoms with Crippen LogP contribution in [0.1, 0.15) is 24.4 Å². The lowest BCUT2D eigenvalue weighted by Crippen LogP contribution is -2.37. The summed E-state index contributed by atoms with van der Waals surface area (Å²) < 4.78 is 26.6. The molecule has 1 aromatic rings. The first-order valence-electron chi connectivity index (χ1n) is 6.52. The Labute approximate surface area is 114 Å². The van der Waals surface area contributed by atoms with Crippen molar-refractivity contribution in [2.24, 2.45) is 5.92 Å². The molecule has 0 saturated carbocycles. The Morgan fingerprint density at radius 2 is 2.37 bits per heavy atom. The van der Waals surface area contributed by atoms with Gasteiger partial charge in [0.15, 0.2) is 0 Å². The zero-order valence-electron chi connectivity index (χ0n) is 11.1. The highest BCUT2D eigenvalue weighted by molar-refractivity contribution is 7.89. The molecule has 2 rings (SSSR count). The highest BCUT2D eigenvalue weighted by Gasteiger charge is 2.20. The largest absolute Gasteiger partial charge is 0.316 e. The summed E-state index contributed by atoms with van der Waals surface area (Å²) in [6.45, 7) is 3.79. The number of hydrogen-bond acceptors (Lipinski definition) is 5. The smallest absolute Gasteiger partial charge is 0.212 e. The predicted molar refractivity (Wildman–Crippen MR) is 73.0 cm³/mol. The van der Waals surface area contributed by atoms with Crippen molar-refractivity contribution < 1.29 is 8.42 Å². The molecule has 0 radical (unpaired) electrons. The van der Waals surface area contributed by atoms with Crippen LogP contribution in [-0.2, 0) is 16.6 Å². The number of piperidine rings is 1. The fourth-order valence-corrected chi connectivity index (χ4v) is 3.61. The van der Waals surface area contributed by atoms with Crippen LogP contribution >= 0.6 is 0 Å². The molecular formula is C12H20N4O2S. The van der Waals surface area contributed by atoms with Gasteiger partial charge in [-0.2, -0.15) is 0 Å². The number of nitrogens with zero attached hydrogens (tertiary/aromatic N) is 2. The van der Waals surface area contributed by atoms with Gasteiger partial charge < -0.3 is 5.32 Å². The van der Waals surface area contributed by atoms with Gasteiger partial charge in [0.1, 0.15) is 5.82 Å². The van der Waals surface area contributed by atoms with Crippen molar-refractivity contribution in [2.75, 3.05) is 18.8 Å². The Bertz CT molecular complexity index is 512. The van der Waals surface area contributed by atoms with Crippen molar-refractivity contribution in [3.05, 3.63) is 23.8 Å². The van der Waals surface area contributed by atoms with E-state index in [2.05, 4.69) is 20.0 Å². The molecule has 1 fully saturated rings. The quantitative estimate of drug-likeness (QED) is 0.807. The van der Waals surface area contributed by atoms with E-state index in [9.17, 15) is 8.42 Å². The summed E-state index contributed by atoms with van der Waals surface area (Å²) in [4.78, 5) is 8.15. The summed E-state index contributed by atoms with van der Waals surface area (Å²) in [5.41, 5.74) is 0.692. The Morgan fingerprint density at radius 3 is 3.05 bits per heavy atom. The zero-order chi connectivity index (χ0) is 13.7. The van der Waals surface area contributed by atoms with E-state index in [0.29, 0.717) is 11.5 Å². The van der Waals surface area contributed by atoms with Crippen LogP contribution in [-0.4, -0.2) is 37.2 Å². The first-order chi connectivity index (χ1) is 9.05. The van der Waals surface area contributed by atoms with Gasteiger partial charge in [0, 0.05) is 6.20 Å². The van der Waals surface area contributed by atoms with Crippen LogP contribution in [0.4, 0.5) is 0 Å². The molecule has 1 unspecified atom stereocenters. The minimum Gasteiger partial charge on any atom is -0.316 e. The minimum absolute atomic E-state index is 0.185. The van der Waals surface area contributed by atoms with Crippen molar-refractivity contribution in [3.8, 4) is 0 Å². The van der Waals surface area contributed by atoms with Crippen molar-refractivity contribution in [1.82, 2.24) is 20.0 Å². The summed E-state index contributed by atoms with van der Waals surface area (Å²) in [7, 11) is -3.24. The maximum Gasteiger partial charge on any atom is 0.212 e. The molecule has 1 atom stereocenters. The van der Waals surface area contributed by atoms with E-state index in [1.165, 1.54) is 0 Å². The maximum atomic E-state index is 12.0. The number of rotatable bonds is 5. The molecule has 0 aliphatic carbocycles. The fraction of sp³-hybridized carbons (Fsp3) is 0.667. The molecule has 0 bridgehead atoms. The number of aromatic nitrogens is 2. The summed E-state index contributed by atoms with van der Waals surface area (Å²) in [5.74, 6) is 1.04. The Balaban J connectivity index is 1.86. The van der Waals surface area contributed by atoms with E-state index >= 15 is 0 Å². The van der Waals surface area contributed by atoms with Crippen LogP contribution < -0.4 is 10.0 Å². The van der Waals surface area contributed by atoms with Gasteiger partial charge in [-0.05, 0) is 44.8 Å². The number of hydrogen-bond donors (Lipinski definition) is 2. The molecule has 7 heteroatoms. The molecule has 1 saturated heterocycles. The topological polar surface area (TPSA) is 84.0 Å². The molecule has 19 heavy (non-hydrogen) atoms. The average molecular weight is 284 g/mol. The second-order valence-corrected chi connectivity index (χ2v) is 6.76. The van der Waals surface area contributed by atoms with Gasteiger partial charge >= 0.3 is 0 Å². The molecule has 1 aliphatic rings. The predicted octanol–water partition coefficient (Wildman–Crippen LogP) is 0.204. The van der Waals surface area contributed by atoms with Gasteiger partial charge in [-0.1, -0.05) is 0 Å². The highest BCUT2D eigenvalue weighted by atomic mass is 32.2. The summed E-state index contributed by atoms with van der Waals surface area (Å²) in [6.07, 6.45) is 3.66. The van der Waals surface area contributed by atoms with E-state index < -0.39 is 10.0 Å². The monoisotopic (exact) mass is 284 g/mol. The van der Waals surface area contributed by atoms with Crippen LogP contribution in [0.15, 0.2) is 12.3 Å². The molecule has 6 nitrogen and oxygen atoms in total. The number of aryl methyl sites for hydroxylation is 1. The number of sulfonamides is 1. The highest BCUT2D eigenvalue weighted by Crippen LogP contribution is 2.12. The summed E-state index contributed by atoms with van der Waals surface area (Å²) in [6, 6.07) is 1.72. The third-order valence-corrected chi connectivity index (χ3v) is 4.66. The first kappa shape index (κ1) is 14.4. The van der Waals surface area contributed by atoms with Crippen molar-refractivity contribution in [1.29, 1.82) is 0 Å². The van der Waals surface area contributed by atoms with Gasteiger partial charge in [-0.3, -0.25) is 0 Å². The SMILES string of the molecule is Cc1nccc(CNS(=O)(=O)CC2CCCNC2)n1. The Hall–Kier alpha value is -1.05.